The maximum absolute atomic E-state index is 12.9. The van der Waals surface area contributed by atoms with Gasteiger partial charge in [-0.3, -0.25) is 4.98 Å². The van der Waals surface area contributed by atoms with Gasteiger partial charge in [0.1, 0.15) is 5.75 Å². The Hall–Kier alpha value is -2.50. The van der Waals surface area contributed by atoms with Crippen molar-refractivity contribution in [2.24, 2.45) is 0 Å². The van der Waals surface area contributed by atoms with Crippen LogP contribution in [0.5, 0.6) is 5.75 Å². The van der Waals surface area contributed by atoms with Gasteiger partial charge in [0.15, 0.2) is 0 Å². The number of aromatic nitrogens is 1. The molecule has 24 heavy (non-hydrogen) atoms. The maximum Gasteiger partial charge on any atom is 0.416 e. The molecule has 6 heteroatoms. The minimum absolute atomic E-state index is 0.151. The summed E-state index contributed by atoms with van der Waals surface area (Å²) in [4.78, 5) is 4.47. The van der Waals surface area contributed by atoms with Gasteiger partial charge in [0.05, 0.1) is 5.56 Å². The number of hydrogen-bond donors (Lipinski definition) is 2. The number of rotatable bonds is 5. The Balaban J connectivity index is 2.48. The topological polar surface area (TPSA) is 45.1 Å². The van der Waals surface area contributed by atoms with Crippen LogP contribution in [0.25, 0.3) is 6.08 Å². The molecule has 0 saturated heterocycles. The Kier molecular flexibility index (Phi) is 5.17. The normalized spacial score (nSPS) is 11.4. The van der Waals surface area contributed by atoms with Gasteiger partial charge in [0.25, 0.3) is 0 Å². The molecule has 0 unspecified atom stereocenters. The molecule has 0 aliphatic rings. The smallest absolute Gasteiger partial charge is 0.416 e. The maximum atomic E-state index is 12.9. The van der Waals surface area contributed by atoms with Gasteiger partial charge in [-0.25, -0.2) is 0 Å². The van der Waals surface area contributed by atoms with Crippen LogP contribution in [0.4, 0.5) is 24.5 Å². The van der Waals surface area contributed by atoms with Crippen LogP contribution in [0.1, 0.15) is 35.9 Å². The average Bonchev–Trinajstić information content (AvgIpc) is 2.46. The summed E-state index contributed by atoms with van der Waals surface area (Å²) in [6.45, 7) is 7.61. The summed E-state index contributed by atoms with van der Waals surface area (Å²) in [5.74, 6) is -0.452. The lowest BCUT2D eigenvalue weighted by Gasteiger charge is -2.16. The first-order chi connectivity index (χ1) is 11.2. The van der Waals surface area contributed by atoms with E-state index in [1.165, 1.54) is 6.07 Å². The van der Waals surface area contributed by atoms with Gasteiger partial charge in [0.2, 0.25) is 0 Å². The fourth-order valence-electron chi connectivity index (χ4n) is 2.51. The van der Waals surface area contributed by atoms with Crippen molar-refractivity contribution in [2.45, 2.75) is 32.9 Å². The van der Waals surface area contributed by atoms with Gasteiger partial charge in [-0.05, 0) is 31.5 Å². The zero-order chi connectivity index (χ0) is 17.9. The van der Waals surface area contributed by atoms with Crippen LogP contribution < -0.4 is 5.32 Å². The Morgan fingerprint density at radius 2 is 1.96 bits per heavy atom. The second-order valence-corrected chi connectivity index (χ2v) is 5.52. The third-order valence-electron chi connectivity index (χ3n) is 3.48. The summed E-state index contributed by atoms with van der Waals surface area (Å²) in [6.07, 6.45) is -1.27. The van der Waals surface area contributed by atoms with E-state index in [1.54, 1.807) is 12.1 Å². The van der Waals surface area contributed by atoms with Gasteiger partial charge in [0, 0.05) is 34.4 Å². The minimum atomic E-state index is -4.53. The highest BCUT2D eigenvalue weighted by molar-refractivity contribution is 5.73. The fourth-order valence-corrected chi connectivity index (χ4v) is 2.51. The number of alkyl halides is 3. The van der Waals surface area contributed by atoms with E-state index < -0.39 is 17.5 Å². The van der Waals surface area contributed by atoms with Crippen molar-refractivity contribution >= 4 is 17.5 Å². The lowest BCUT2D eigenvalue weighted by Crippen LogP contribution is -2.06. The van der Waals surface area contributed by atoms with E-state index in [4.69, 9.17) is 0 Å². The molecule has 1 aromatic carbocycles. The number of benzene rings is 1. The number of hydrogen-bond acceptors (Lipinski definition) is 3. The number of nitrogens with one attached hydrogen (secondary N) is 1. The molecule has 0 amide bonds. The second kappa shape index (κ2) is 6.95. The van der Waals surface area contributed by atoms with Crippen LogP contribution in [0.3, 0.4) is 0 Å². The van der Waals surface area contributed by atoms with Crippen molar-refractivity contribution in [3.05, 3.63) is 53.4 Å². The fraction of sp³-hybridized carbons (Fsp3) is 0.278. The van der Waals surface area contributed by atoms with Crippen LogP contribution in [-0.2, 0) is 12.6 Å². The molecule has 128 valence electrons. The number of nitrogens with zero attached hydrogens (tertiary/aromatic N) is 1. The number of pyridine rings is 1. The second-order valence-electron chi connectivity index (χ2n) is 5.52. The molecule has 0 saturated carbocycles. The van der Waals surface area contributed by atoms with Gasteiger partial charge < -0.3 is 10.4 Å². The lowest BCUT2D eigenvalue weighted by atomic mass is 10.1. The zero-order valence-electron chi connectivity index (χ0n) is 13.5. The summed E-state index contributed by atoms with van der Waals surface area (Å²) in [5.41, 5.74) is 2.19. The SMILES string of the molecule is C=Cc1c(Nc2cc(O)cc(C(F)(F)F)c2)cc(C)nc1CCC. The summed E-state index contributed by atoms with van der Waals surface area (Å²) in [7, 11) is 0. The molecule has 0 aliphatic heterocycles. The number of anilines is 2. The first kappa shape index (κ1) is 17.8. The zero-order valence-corrected chi connectivity index (χ0v) is 13.5. The molecule has 0 spiro atoms. The molecule has 1 aromatic heterocycles. The van der Waals surface area contributed by atoms with Crippen LogP contribution in [0, 0.1) is 6.92 Å². The van der Waals surface area contributed by atoms with E-state index >= 15 is 0 Å². The number of aryl methyl sites for hydroxylation is 2. The van der Waals surface area contributed by atoms with Gasteiger partial charge in [-0.2, -0.15) is 13.2 Å². The number of halogens is 3. The van der Waals surface area contributed by atoms with Crippen molar-refractivity contribution in [1.29, 1.82) is 0 Å². The lowest BCUT2D eigenvalue weighted by molar-refractivity contribution is -0.137. The molecule has 0 bridgehead atoms. The van der Waals surface area contributed by atoms with Crippen molar-refractivity contribution < 1.29 is 18.3 Å². The summed E-state index contributed by atoms with van der Waals surface area (Å²) in [5, 5.41) is 12.5. The van der Waals surface area contributed by atoms with Crippen LogP contribution in [-0.4, -0.2) is 10.1 Å². The molecule has 0 aliphatic carbocycles. The Labute approximate surface area is 138 Å². The Morgan fingerprint density at radius 1 is 1.25 bits per heavy atom. The Morgan fingerprint density at radius 3 is 2.54 bits per heavy atom. The van der Waals surface area contributed by atoms with Crippen LogP contribution >= 0.6 is 0 Å². The number of aromatic hydroxyl groups is 1. The standard InChI is InChI=1S/C18H19F3N2O/c1-4-6-16-15(5-2)17(7-11(3)22-16)23-13-8-12(18(19,20)21)9-14(24)10-13/h5,7-10,24H,2,4,6H2,1,3H3,(H,22,23). The highest BCUT2D eigenvalue weighted by Gasteiger charge is 2.31. The van der Waals surface area contributed by atoms with E-state index in [0.717, 1.165) is 35.9 Å². The first-order valence-electron chi connectivity index (χ1n) is 7.55. The molecular weight excluding hydrogens is 317 g/mol. The first-order valence-corrected chi connectivity index (χ1v) is 7.55. The van der Waals surface area contributed by atoms with Crippen LogP contribution in [0.2, 0.25) is 0 Å². The Bertz CT molecular complexity index is 755. The molecule has 0 fully saturated rings. The van der Waals surface area contributed by atoms with Crippen molar-refractivity contribution in [1.82, 2.24) is 4.98 Å². The van der Waals surface area contributed by atoms with Crippen LogP contribution in [0.15, 0.2) is 30.8 Å². The molecular formula is C18H19F3N2O. The van der Waals surface area contributed by atoms with Crippen molar-refractivity contribution in [3.63, 3.8) is 0 Å². The van der Waals surface area contributed by atoms with E-state index in [0.29, 0.717) is 11.8 Å². The van der Waals surface area contributed by atoms with E-state index in [-0.39, 0.29) is 5.69 Å². The summed E-state index contributed by atoms with van der Waals surface area (Å²) >= 11 is 0. The largest absolute Gasteiger partial charge is 0.508 e. The quantitative estimate of drug-likeness (QED) is 0.763. The monoisotopic (exact) mass is 336 g/mol. The molecule has 0 radical (unpaired) electrons. The summed E-state index contributed by atoms with van der Waals surface area (Å²) in [6, 6.07) is 4.65. The van der Waals surface area contributed by atoms with Gasteiger partial charge in [-0.1, -0.05) is 26.0 Å². The predicted molar refractivity (Wildman–Crippen MR) is 89.5 cm³/mol. The predicted octanol–water partition coefficient (Wildman–Crippen LogP) is 5.45. The molecule has 0 atom stereocenters. The number of phenols is 1. The van der Waals surface area contributed by atoms with E-state index in [2.05, 4.69) is 16.9 Å². The highest BCUT2D eigenvalue weighted by atomic mass is 19.4. The average molecular weight is 336 g/mol. The minimum Gasteiger partial charge on any atom is -0.508 e. The molecule has 2 N–H and O–H groups in total. The number of phenolic OH excluding ortho intramolecular Hbond substituents is 1. The van der Waals surface area contributed by atoms with Crippen molar-refractivity contribution in [2.75, 3.05) is 5.32 Å². The van der Waals surface area contributed by atoms with E-state index in [9.17, 15) is 18.3 Å². The van der Waals surface area contributed by atoms with Crippen molar-refractivity contribution in [3.8, 4) is 5.75 Å². The summed E-state index contributed by atoms with van der Waals surface area (Å²) < 4.78 is 38.7. The molecule has 2 rings (SSSR count). The third-order valence-corrected chi connectivity index (χ3v) is 3.48. The van der Waals surface area contributed by atoms with Gasteiger partial charge in [-0.15, -0.1) is 0 Å². The molecule has 1 heterocycles. The third kappa shape index (κ3) is 4.07. The highest BCUT2D eigenvalue weighted by Crippen LogP contribution is 2.35. The van der Waals surface area contributed by atoms with E-state index in [1.807, 2.05) is 13.8 Å². The van der Waals surface area contributed by atoms with Gasteiger partial charge >= 0.3 is 6.18 Å². The molecule has 3 nitrogen and oxygen atoms in total. The molecule has 2 aromatic rings.